The van der Waals surface area contributed by atoms with E-state index in [0.29, 0.717) is 25.5 Å². The van der Waals surface area contributed by atoms with E-state index in [1.165, 1.54) is 30.3 Å². The Morgan fingerprint density at radius 1 is 1.13 bits per heavy atom. The van der Waals surface area contributed by atoms with E-state index in [-0.39, 0.29) is 29.5 Å². The standard InChI is InChI=1S/C19H24FN5O4S/c1-2-21-19(22-10-9-15-5-3-6-16(20)13-15)23-11-12-24-30(28,29)18-8-4-7-17(14-18)25(26)27/h3-8,13-14,24H,2,9-12H2,1H3,(H2,21,22,23). The highest BCUT2D eigenvalue weighted by Crippen LogP contribution is 2.16. The molecular weight excluding hydrogens is 413 g/mol. The van der Waals surface area contributed by atoms with Crippen LogP contribution in [0.1, 0.15) is 12.5 Å². The lowest BCUT2D eigenvalue weighted by molar-refractivity contribution is -0.385. The molecule has 0 radical (unpaired) electrons. The topological polar surface area (TPSA) is 126 Å². The summed E-state index contributed by atoms with van der Waals surface area (Å²) in [7, 11) is -3.88. The first kappa shape index (κ1) is 23.2. The van der Waals surface area contributed by atoms with Crippen LogP contribution in [0, 0.1) is 15.9 Å². The van der Waals surface area contributed by atoms with Crippen molar-refractivity contribution < 1.29 is 17.7 Å². The maximum absolute atomic E-state index is 13.2. The minimum absolute atomic E-state index is 0.0193. The normalized spacial score (nSPS) is 11.9. The first-order valence-corrected chi connectivity index (χ1v) is 10.8. The number of halogens is 1. The highest BCUT2D eigenvalue weighted by atomic mass is 32.2. The van der Waals surface area contributed by atoms with Crippen LogP contribution in [-0.2, 0) is 16.4 Å². The Labute approximate surface area is 174 Å². The number of benzene rings is 2. The summed E-state index contributed by atoms with van der Waals surface area (Å²) in [4.78, 5) is 14.3. The zero-order chi connectivity index (χ0) is 22.0. The fourth-order valence-electron chi connectivity index (χ4n) is 2.55. The van der Waals surface area contributed by atoms with E-state index in [2.05, 4.69) is 20.3 Å². The van der Waals surface area contributed by atoms with Gasteiger partial charge in [0.15, 0.2) is 5.96 Å². The first-order valence-electron chi connectivity index (χ1n) is 9.32. The van der Waals surface area contributed by atoms with E-state index in [4.69, 9.17) is 0 Å². The molecule has 0 fully saturated rings. The fourth-order valence-corrected chi connectivity index (χ4v) is 3.62. The predicted molar refractivity (Wildman–Crippen MR) is 112 cm³/mol. The van der Waals surface area contributed by atoms with Gasteiger partial charge in [-0.25, -0.2) is 17.5 Å². The molecule has 0 heterocycles. The average Bonchev–Trinajstić information content (AvgIpc) is 2.71. The van der Waals surface area contributed by atoms with Crippen molar-refractivity contribution in [3.63, 3.8) is 0 Å². The molecule has 2 aromatic rings. The minimum Gasteiger partial charge on any atom is -0.357 e. The Hall–Kier alpha value is -3.05. The van der Waals surface area contributed by atoms with E-state index in [1.807, 2.05) is 13.0 Å². The second kappa shape index (κ2) is 11.2. The van der Waals surface area contributed by atoms with E-state index >= 15 is 0 Å². The fraction of sp³-hybridized carbons (Fsp3) is 0.316. The zero-order valence-corrected chi connectivity index (χ0v) is 17.3. The second-order valence-electron chi connectivity index (χ2n) is 6.22. The molecule has 0 atom stereocenters. The van der Waals surface area contributed by atoms with Gasteiger partial charge in [-0.2, -0.15) is 0 Å². The van der Waals surface area contributed by atoms with Crippen molar-refractivity contribution in [2.75, 3.05) is 26.2 Å². The quantitative estimate of drug-likeness (QED) is 0.171. The number of nitro groups is 1. The number of aliphatic imine (C=N–C) groups is 1. The molecule has 0 aliphatic carbocycles. The molecule has 0 spiro atoms. The summed E-state index contributed by atoms with van der Waals surface area (Å²) in [6, 6.07) is 11.2. The number of nitro benzene ring substituents is 1. The molecule has 3 N–H and O–H groups in total. The highest BCUT2D eigenvalue weighted by molar-refractivity contribution is 7.89. The van der Waals surface area contributed by atoms with Crippen molar-refractivity contribution in [2.24, 2.45) is 4.99 Å². The van der Waals surface area contributed by atoms with Crippen molar-refractivity contribution in [3.8, 4) is 0 Å². The SMILES string of the molecule is CCNC(=NCCNS(=O)(=O)c1cccc([N+](=O)[O-])c1)NCCc1cccc(F)c1. The molecule has 2 aromatic carbocycles. The molecule has 0 saturated heterocycles. The molecule has 0 aliphatic rings. The van der Waals surface area contributed by atoms with Crippen LogP contribution >= 0.6 is 0 Å². The Kier molecular flexibility index (Phi) is 8.69. The van der Waals surface area contributed by atoms with Gasteiger partial charge in [-0.1, -0.05) is 18.2 Å². The molecule has 0 aromatic heterocycles. The molecule has 0 amide bonds. The number of nitrogens with one attached hydrogen (secondary N) is 3. The van der Waals surface area contributed by atoms with Crippen LogP contribution in [0.3, 0.4) is 0 Å². The van der Waals surface area contributed by atoms with Crippen LogP contribution < -0.4 is 15.4 Å². The van der Waals surface area contributed by atoms with E-state index in [9.17, 15) is 22.9 Å². The first-order chi connectivity index (χ1) is 14.3. The maximum Gasteiger partial charge on any atom is 0.270 e. The summed E-state index contributed by atoms with van der Waals surface area (Å²) in [6.45, 7) is 3.21. The lowest BCUT2D eigenvalue weighted by atomic mass is 10.1. The molecule has 0 bridgehead atoms. The number of nitrogens with zero attached hydrogens (tertiary/aromatic N) is 2. The lowest BCUT2D eigenvalue weighted by Crippen LogP contribution is -2.39. The molecule has 162 valence electrons. The lowest BCUT2D eigenvalue weighted by Gasteiger charge is -2.11. The number of non-ortho nitro benzene ring substituents is 1. The largest absolute Gasteiger partial charge is 0.357 e. The van der Waals surface area contributed by atoms with Gasteiger partial charge in [-0.05, 0) is 37.1 Å². The maximum atomic E-state index is 13.2. The monoisotopic (exact) mass is 437 g/mol. The molecule has 9 nitrogen and oxygen atoms in total. The van der Waals surface area contributed by atoms with Crippen LogP contribution in [-0.4, -0.2) is 45.5 Å². The van der Waals surface area contributed by atoms with Crippen LogP contribution in [0.15, 0.2) is 58.4 Å². The van der Waals surface area contributed by atoms with Gasteiger partial charge in [-0.15, -0.1) is 0 Å². The van der Waals surface area contributed by atoms with Gasteiger partial charge in [0, 0.05) is 31.8 Å². The van der Waals surface area contributed by atoms with Crippen molar-refractivity contribution in [3.05, 3.63) is 70.0 Å². The van der Waals surface area contributed by atoms with Crippen molar-refractivity contribution in [1.82, 2.24) is 15.4 Å². The second-order valence-corrected chi connectivity index (χ2v) is 7.99. The van der Waals surface area contributed by atoms with Crippen LogP contribution in [0.2, 0.25) is 0 Å². The van der Waals surface area contributed by atoms with Gasteiger partial charge in [-0.3, -0.25) is 15.1 Å². The van der Waals surface area contributed by atoms with Gasteiger partial charge in [0.05, 0.1) is 16.4 Å². The molecule has 30 heavy (non-hydrogen) atoms. The van der Waals surface area contributed by atoms with Crippen LogP contribution in [0.5, 0.6) is 0 Å². The van der Waals surface area contributed by atoms with Crippen molar-refractivity contribution in [1.29, 1.82) is 0 Å². The average molecular weight is 437 g/mol. The third-order valence-corrected chi connectivity index (χ3v) is 5.41. The Morgan fingerprint density at radius 3 is 2.60 bits per heavy atom. The minimum atomic E-state index is -3.88. The van der Waals surface area contributed by atoms with Crippen molar-refractivity contribution in [2.45, 2.75) is 18.2 Å². The van der Waals surface area contributed by atoms with E-state index < -0.39 is 14.9 Å². The van der Waals surface area contributed by atoms with Gasteiger partial charge in [0.2, 0.25) is 10.0 Å². The Morgan fingerprint density at radius 2 is 1.90 bits per heavy atom. The molecule has 2 rings (SSSR count). The third-order valence-electron chi connectivity index (χ3n) is 3.95. The summed E-state index contributed by atoms with van der Waals surface area (Å²) in [5, 5.41) is 17.0. The molecule has 0 unspecified atom stereocenters. The van der Waals surface area contributed by atoms with Crippen LogP contribution in [0.25, 0.3) is 0 Å². The summed E-state index contributed by atoms with van der Waals surface area (Å²) >= 11 is 0. The summed E-state index contributed by atoms with van der Waals surface area (Å²) in [5.74, 6) is 0.215. The Bertz CT molecular complexity index is 998. The summed E-state index contributed by atoms with van der Waals surface area (Å²) in [5.41, 5.74) is 0.552. The molecule has 0 saturated carbocycles. The summed E-state index contributed by atoms with van der Waals surface area (Å²) < 4.78 is 40.2. The number of hydrogen-bond acceptors (Lipinski definition) is 5. The van der Waals surface area contributed by atoms with Gasteiger partial charge >= 0.3 is 0 Å². The van der Waals surface area contributed by atoms with Gasteiger partial charge in [0.25, 0.3) is 5.69 Å². The number of sulfonamides is 1. The summed E-state index contributed by atoms with van der Waals surface area (Å²) in [6.07, 6.45) is 0.599. The van der Waals surface area contributed by atoms with Gasteiger partial charge in [0.1, 0.15) is 5.82 Å². The number of hydrogen-bond donors (Lipinski definition) is 3. The van der Waals surface area contributed by atoms with E-state index in [0.717, 1.165) is 11.6 Å². The van der Waals surface area contributed by atoms with Gasteiger partial charge < -0.3 is 10.6 Å². The molecule has 11 heteroatoms. The smallest absolute Gasteiger partial charge is 0.270 e. The number of rotatable bonds is 10. The third kappa shape index (κ3) is 7.41. The van der Waals surface area contributed by atoms with Crippen molar-refractivity contribution >= 4 is 21.7 Å². The highest BCUT2D eigenvalue weighted by Gasteiger charge is 2.16. The molecule has 0 aliphatic heterocycles. The zero-order valence-electron chi connectivity index (χ0n) is 16.5. The number of guanidine groups is 1. The Balaban J connectivity index is 1.87. The molecular formula is C19H24FN5O4S. The van der Waals surface area contributed by atoms with Crippen LogP contribution in [0.4, 0.5) is 10.1 Å². The van der Waals surface area contributed by atoms with E-state index in [1.54, 1.807) is 6.07 Å². The predicted octanol–water partition coefficient (Wildman–Crippen LogP) is 1.81.